The van der Waals surface area contributed by atoms with Gasteiger partial charge in [0.25, 0.3) is 0 Å². The molecule has 1 aromatic rings. The SMILES string of the molecule is CCN(CC)c1ccc(NC(C)=O)ccc1=O. The summed E-state index contributed by atoms with van der Waals surface area (Å²) in [5.74, 6) is -0.145. The first-order chi connectivity index (χ1) is 8.08. The molecule has 0 aliphatic rings. The van der Waals surface area contributed by atoms with Crippen LogP contribution >= 0.6 is 0 Å². The number of nitrogens with one attached hydrogen (secondary N) is 1. The predicted molar refractivity (Wildman–Crippen MR) is 70.6 cm³/mol. The Kier molecular flexibility index (Phi) is 4.69. The van der Waals surface area contributed by atoms with Crippen LogP contribution in [0.15, 0.2) is 29.1 Å². The lowest BCUT2D eigenvalue weighted by molar-refractivity contribution is -0.114. The van der Waals surface area contributed by atoms with Gasteiger partial charge in [0, 0.05) is 25.7 Å². The fourth-order valence-electron chi connectivity index (χ4n) is 1.67. The lowest BCUT2D eigenvalue weighted by Crippen LogP contribution is -2.26. The summed E-state index contributed by atoms with van der Waals surface area (Å²) in [6.07, 6.45) is 0. The highest BCUT2D eigenvalue weighted by molar-refractivity contribution is 5.88. The van der Waals surface area contributed by atoms with Gasteiger partial charge in [-0.1, -0.05) is 0 Å². The van der Waals surface area contributed by atoms with Gasteiger partial charge in [0.2, 0.25) is 11.3 Å². The van der Waals surface area contributed by atoms with Gasteiger partial charge in [-0.3, -0.25) is 9.59 Å². The molecule has 0 aliphatic carbocycles. The van der Waals surface area contributed by atoms with Crippen LogP contribution < -0.4 is 15.6 Å². The average molecular weight is 234 g/mol. The first-order valence-electron chi connectivity index (χ1n) is 5.75. The summed E-state index contributed by atoms with van der Waals surface area (Å²) in [7, 11) is 0. The molecule has 0 radical (unpaired) electrons. The van der Waals surface area contributed by atoms with E-state index in [0.29, 0.717) is 11.4 Å². The van der Waals surface area contributed by atoms with E-state index in [0.717, 1.165) is 13.1 Å². The minimum atomic E-state index is -0.145. The highest BCUT2D eigenvalue weighted by Crippen LogP contribution is 2.10. The van der Waals surface area contributed by atoms with Crippen molar-refractivity contribution in [1.82, 2.24) is 0 Å². The van der Waals surface area contributed by atoms with E-state index in [-0.39, 0.29) is 11.3 Å². The molecular weight excluding hydrogens is 216 g/mol. The van der Waals surface area contributed by atoms with E-state index in [1.54, 1.807) is 18.2 Å². The topological polar surface area (TPSA) is 49.4 Å². The van der Waals surface area contributed by atoms with E-state index in [2.05, 4.69) is 5.32 Å². The number of hydrogen-bond donors (Lipinski definition) is 1. The smallest absolute Gasteiger partial charge is 0.221 e. The van der Waals surface area contributed by atoms with Crippen molar-refractivity contribution < 1.29 is 4.79 Å². The summed E-state index contributed by atoms with van der Waals surface area (Å²) in [5, 5.41) is 2.66. The van der Waals surface area contributed by atoms with Crippen molar-refractivity contribution in [3.05, 3.63) is 34.5 Å². The van der Waals surface area contributed by atoms with Crippen LogP contribution in [0.3, 0.4) is 0 Å². The molecule has 0 saturated carbocycles. The van der Waals surface area contributed by atoms with E-state index in [1.807, 2.05) is 18.7 Å². The van der Waals surface area contributed by atoms with Crippen molar-refractivity contribution >= 4 is 17.3 Å². The van der Waals surface area contributed by atoms with Gasteiger partial charge < -0.3 is 10.2 Å². The Hall–Kier alpha value is -1.84. The summed E-state index contributed by atoms with van der Waals surface area (Å²) in [6, 6.07) is 6.60. The van der Waals surface area contributed by atoms with Crippen molar-refractivity contribution in [2.45, 2.75) is 20.8 Å². The molecule has 0 saturated heterocycles. The maximum Gasteiger partial charge on any atom is 0.221 e. The number of nitrogens with zero attached hydrogens (tertiary/aromatic N) is 1. The Labute approximate surface area is 101 Å². The predicted octanol–water partition coefficient (Wildman–Crippen LogP) is 1.85. The zero-order chi connectivity index (χ0) is 12.8. The Morgan fingerprint density at radius 1 is 1.18 bits per heavy atom. The molecule has 0 aliphatic heterocycles. The second-order valence-corrected chi connectivity index (χ2v) is 3.72. The number of carbonyl (C=O) groups is 1. The first-order valence-corrected chi connectivity index (χ1v) is 5.75. The van der Waals surface area contributed by atoms with Crippen LogP contribution in [0.5, 0.6) is 0 Å². The molecule has 0 unspecified atom stereocenters. The fraction of sp³-hybridized carbons (Fsp3) is 0.385. The van der Waals surface area contributed by atoms with Crippen LogP contribution in [-0.2, 0) is 4.79 Å². The van der Waals surface area contributed by atoms with Gasteiger partial charge in [-0.2, -0.15) is 0 Å². The molecule has 0 bridgehead atoms. The summed E-state index contributed by atoms with van der Waals surface area (Å²) >= 11 is 0. The fourth-order valence-corrected chi connectivity index (χ4v) is 1.67. The molecule has 0 atom stereocenters. The second kappa shape index (κ2) is 6.03. The molecule has 0 aromatic heterocycles. The molecule has 1 aromatic carbocycles. The average Bonchev–Trinajstić information content (AvgIpc) is 2.45. The molecule has 1 amide bonds. The Morgan fingerprint density at radius 2 is 1.76 bits per heavy atom. The molecule has 17 heavy (non-hydrogen) atoms. The molecule has 0 spiro atoms. The molecule has 0 fully saturated rings. The van der Waals surface area contributed by atoms with Crippen molar-refractivity contribution in [3.63, 3.8) is 0 Å². The Morgan fingerprint density at radius 3 is 2.29 bits per heavy atom. The van der Waals surface area contributed by atoms with E-state index < -0.39 is 0 Å². The van der Waals surface area contributed by atoms with Crippen LogP contribution in [0, 0.1) is 0 Å². The standard InChI is InChI=1S/C13H18N2O2/c1-4-15(5-2)12-8-6-11(14-10(3)16)7-9-13(12)17/h6-9H,4-5H2,1-3H3,(H,14,16). The third-order valence-electron chi connectivity index (χ3n) is 2.51. The Balaban J connectivity index is 3.14. The summed E-state index contributed by atoms with van der Waals surface area (Å²) in [5.41, 5.74) is 1.25. The summed E-state index contributed by atoms with van der Waals surface area (Å²) in [4.78, 5) is 24.8. The minimum absolute atomic E-state index is 0.0368. The molecule has 1 N–H and O–H groups in total. The second-order valence-electron chi connectivity index (χ2n) is 3.72. The van der Waals surface area contributed by atoms with E-state index in [9.17, 15) is 9.59 Å². The van der Waals surface area contributed by atoms with Gasteiger partial charge in [-0.25, -0.2) is 0 Å². The van der Waals surface area contributed by atoms with E-state index in [1.165, 1.54) is 13.0 Å². The van der Waals surface area contributed by atoms with Gasteiger partial charge in [0.05, 0.1) is 5.69 Å². The number of anilines is 2. The van der Waals surface area contributed by atoms with E-state index >= 15 is 0 Å². The zero-order valence-corrected chi connectivity index (χ0v) is 10.5. The third kappa shape index (κ3) is 3.59. The van der Waals surface area contributed by atoms with Crippen LogP contribution in [-0.4, -0.2) is 19.0 Å². The van der Waals surface area contributed by atoms with Crippen LogP contribution in [0.2, 0.25) is 0 Å². The monoisotopic (exact) mass is 234 g/mol. The van der Waals surface area contributed by atoms with Crippen LogP contribution in [0.1, 0.15) is 20.8 Å². The summed E-state index contributed by atoms with van der Waals surface area (Å²) < 4.78 is 0. The largest absolute Gasteiger partial charge is 0.369 e. The maximum atomic E-state index is 11.9. The highest BCUT2D eigenvalue weighted by atomic mass is 16.1. The van der Waals surface area contributed by atoms with Crippen molar-refractivity contribution in [1.29, 1.82) is 0 Å². The molecule has 0 heterocycles. The third-order valence-corrected chi connectivity index (χ3v) is 2.51. The normalized spacial score (nSPS) is 9.82. The van der Waals surface area contributed by atoms with Crippen molar-refractivity contribution in [2.24, 2.45) is 0 Å². The molecule has 4 nitrogen and oxygen atoms in total. The van der Waals surface area contributed by atoms with Crippen molar-refractivity contribution in [3.8, 4) is 0 Å². The number of hydrogen-bond acceptors (Lipinski definition) is 3. The maximum absolute atomic E-state index is 11.9. The van der Waals surface area contributed by atoms with Gasteiger partial charge in [0.15, 0.2) is 0 Å². The first kappa shape index (κ1) is 13.2. The molecular formula is C13H18N2O2. The van der Waals surface area contributed by atoms with E-state index in [4.69, 9.17) is 0 Å². The lowest BCUT2D eigenvalue weighted by atomic mass is 10.3. The zero-order valence-electron chi connectivity index (χ0n) is 10.5. The molecule has 92 valence electrons. The number of carbonyl (C=O) groups excluding carboxylic acids is 1. The quantitative estimate of drug-likeness (QED) is 0.865. The van der Waals surface area contributed by atoms with Crippen LogP contribution in [0.4, 0.5) is 11.4 Å². The Bertz CT molecular complexity index is 453. The van der Waals surface area contributed by atoms with Gasteiger partial charge in [-0.05, 0) is 38.1 Å². The summed E-state index contributed by atoms with van der Waals surface area (Å²) in [6.45, 7) is 7.02. The van der Waals surface area contributed by atoms with Gasteiger partial charge >= 0.3 is 0 Å². The van der Waals surface area contributed by atoms with Crippen molar-refractivity contribution in [2.75, 3.05) is 23.3 Å². The molecule has 4 heteroatoms. The number of rotatable bonds is 4. The van der Waals surface area contributed by atoms with Crippen LogP contribution in [0.25, 0.3) is 0 Å². The molecule has 1 rings (SSSR count). The highest BCUT2D eigenvalue weighted by Gasteiger charge is 2.04. The van der Waals surface area contributed by atoms with Gasteiger partial charge in [-0.15, -0.1) is 0 Å². The lowest BCUT2D eigenvalue weighted by Gasteiger charge is -2.18. The minimum Gasteiger partial charge on any atom is -0.369 e. The number of amides is 1. The van der Waals surface area contributed by atoms with Gasteiger partial charge in [0.1, 0.15) is 0 Å².